The minimum atomic E-state index is 0.784. The molecule has 0 fully saturated rings. The van der Waals surface area contributed by atoms with Crippen LogP contribution < -0.4 is 10.5 Å². The highest BCUT2D eigenvalue weighted by Crippen LogP contribution is 2.23. The van der Waals surface area contributed by atoms with E-state index in [0.717, 1.165) is 16.3 Å². The molecule has 74 valence electrons. The Morgan fingerprint density at radius 1 is 1.29 bits per heavy atom. The van der Waals surface area contributed by atoms with Crippen molar-refractivity contribution >= 4 is 17.3 Å². The van der Waals surface area contributed by atoms with Crippen molar-refractivity contribution in [3.63, 3.8) is 0 Å². The van der Waals surface area contributed by atoms with Crippen LogP contribution >= 0.6 is 11.6 Å². The van der Waals surface area contributed by atoms with Gasteiger partial charge in [0.25, 0.3) is 0 Å². The van der Waals surface area contributed by atoms with Crippen LogP contribution in [0, 0.1) is 6.92 Å². The fourth-order valence-electron chi connectivity index (χ4n) is 1.28. The zero-order chi connectivity index (χ0) is 10.1. The molecule has 0 aliphatic carbocycles. The van der Waals surface area contributed by atoms with Gasteiger partial charge < -0.3 is 0 Å². The molecule has 1 heterocycles. The van der Waals surface area contributed by atoms with E-state index in [9.17, 15) is 0 Å². The maximum Gasteiger partial charge on any atom is 0.0604 e. The maximum atomic E-state index is 6.04. The molecule has 1 aliphatic heterocycles. The van der Waals surface area contributed by atoms with Crippen molar-refractivity contribution in [3.05, 3.63) is 41.2 Å². The van der Waals surface area contributed by atoms with Gasteiger partial charge in [0.15, 0.2) is 0 Å². The summed E-state index contributed by atoms with van der Waals surface area (Å²) in [6.45, 7) is 1.99. The van der Waals surface area contributed by atoms with Gasteiger partial charge >= 0.3 is 0 Å². The monoisotopic (exact) mass is 209 g/mol. The molecule has 0 amide bonds. The number of hydrogen-bond acceptors (Lipinski definition) is 3. The Hall–Kier alpha value is -1.19. The van der Waals surface area contributed by atoms with Crippen LogP contribution in [0.5, 0.6) is 0 Å². The van der Waals surface area contributed by atoms with Gasteiger partial charge in [0.05, 0.1) is 5.69 Å². The van der Waals surface area contributed by atoms with E-state index >= 15 is 0 Å². The van der Waals surface area contributed by atoms with Crippen molar-refractivity contribution in [2.24, 2.45) is 0 Å². The molecule has 1 aliphatic rings. The largest absolute Gasteiger partial charge is 0.299 e. The van der Waals surface area contributed by atoms with Gasteiger partial charge in [0, 0.05) is 24.5 Å². The van der Waals surface area contributed by atoms with Gasteiger partial charge in [0.1, 0.15) is 0 Å². The summed E-state index contributed by atoms with van der Waals surface area (Å²) in [4.78, 5) is 0. The molecular formula is C10H12ClN3. The summed E-state index contributed by atoms with van der Waals surface area (Å²) in [5.74, 6) is 0. The summed E-state index contributed by atoms with van der Waals surface area (Å²) in [5, 5.41) is 4.56. The third-order valence-electron chi connectivity index (χ3n) is 2.14. The second kappa shape index (κ2) is 3.52. The lowest BCUT2D eigenvalue weighted by Crippen LogP contribution is -2.36. The normalized spacial score (nSPS) is 15.4. The maximum absolute atomic E-state index is 6.04. The number of aryl methyl sites for hydroxylation is 1. The third-order valence-corrected chi connectivity index (χ3v) is 2.55. The van der Waals surface area contributed by atoms with E-state index in [4.69, 9.17) is 11.6 Å². The molecular weight excluding hydrogens is 198 g/mol. The molecule has 14 heavy (non-hydrogen) atoms. The highest BCUT2D eigenvalue weighted by atomic mass is 35.5. The standard InChI is InChI=1S/C10H12ClN3/c1-8-3-4-9(7-10(8)11)14-6-5-13(2)12-14/h3-7,12H,1-2H3. The van der Waals surface area contributed by atoms with Crippen LogP contribution in [0.15, 0.2) is 30.6 Å². The predicted octanol–water partition coefficient (Wildman–Crippen LogP) is 2.29. The Balaban J connectivity index is 2.25. The molecule has 3 nitrogen and oxygen atoms in total. The second-order valence-corrected chi connectivity index (χ2v) is 3.72. The predicted molar refractivity (Wildman–Crippen MR) is 58.7 cm³/mol. The number of hydrazine groups is 2. The zero-order valence-electron chi connectivity index (χ0n) is 8.16. The lowest BCUT2D eigenvalue weighted by Gasteiger charge is -2.19. The zero-order valence-corrected chi connectivity index (χ0v) is 8.92. The molecule has 0 aromatic heterocycles. The molecule has 0 unspecified atom stereocenters. The van der Waals surface area contributed by atoms with Gasteiger partial charge in [-0.05, 0) is 24.6 Å². The summed E-state index contributed by atoms with van der Waals surface area (Å²) < 4.78 is 0. The number of hydrogen-bond donors (Lipinski definition) is 1. The highest BCUT2D eigenvalue weighted by molar-refractivity contribution is 6.31. The van der Waals surface area contributed by atoms with Crippen LogP contribution in [0.4, 0.5) is 5.69 Å². The van der Waals surface area contributed by atoms with E-state index in [2.05, 4.69) is 5.53 Å². The van der Waals surface area contributed by atoms with Crippen molar-refractivity contribution in [1.29, 1.82) is 0 Å². The summed E-state index contributed by atoms with van der Waals surface area (Å²) in [6.07, 6.45) is 3.88. The summed E-state index contributed by atoms with van der Waals surface area (Å²) in [5.41, 5.74) is 5.23. The molecule has 2 rings (SSSR count). The summed E-state index contributed by atoms with van der Waals surface area (Å²) in [7, 11) is 1.94. The number of nitrogens with one attached hydrogen (secondary N) is 1. The number of nitrogens with zero attached hydrogens (tertiary/aromatic N) is 2. The Labute approximate surface area is 88.5 Å². The SMILES string of the molecule is Cc1ccc(N2C=CN(C)N2)cc1Cl. The van der Waals surface area contributed by atoms with E-state index in [1.165, 1.54) is 0 Å². The van der Waals surface area contributed by atoms with Crippen molar-refractivity contribution in [2.45, 2.75) is 6.92 Å². The van der Waals surface area contributed by atoms with Crippen LogP contribution in [-0.2, 0) is 0 Å². The minimum absolute atomic E-state index is 0.784. The van der Waals surface area contributed by atoms with Gasteiger partial charge in [0.2, 0.25) is 0 Å². The number of benzene rings is 1. The van der Waals surface area contributed by atoms with Gasteiger partial charge in [-0.25, -0.2) is 0 Å². The van der Waals surface area contributed by atoms with E-state index in [-0.39, 0.29) is 0 Å². The van der Waals surface area contributed by atoms with Gasteiger partial charge in [-0.3, -0.25) is 10.0 Å². The Bertz CT molecular complexity index is 376. The number of halogens is 1. The third kappa shape index (κ3) is 1.69. The average Bonchev–Trinajstić information content (AvgIpc) is 2.57. The lowest BCUT2D eigenvalue weighted by molar-refractivity contribution is 0.359. The lowest BCUT2D eigenvalue weighted by atomic mass is 10.2. The van der Waals surface area contributed by atoms with Gasteiger partial charge in [-0.1, -0.05) is 17.7 Å². The van der Waals surface area contributed by atoms with Crippen molar-refractivity contribution in [1.82, 2.24) is 10.5 Å². The molecule has 1 N–H and O–H groups in total. The highest BCUT2D eigenvalue weighted by Gasteiger charge is 2.10. The number of rotatable bonds is 1. The molecule has 4 heteroatoms. The van der Waals surface area contributed by atoms with Crippen LogP contribution in [0.1, 0.15) is 5.56 Å². The van der Waals surface area contributed by atoms with Crippen LogP contribution in [0.25, 0.3) is 0 Å². The van der Waals surface area contributed by atoms with Crippen molar-refractivity contribution < 1.29 is 0 Å². The molecule has 0 radical (unpaired) electrons. The quantitative estimate of drug-likeness (QED) is 0.766. The topological polar surface area (TPSA) is 18.5 Å². The molecule has 0 atom stereocenters. The fourth-order valence-corrected chi connectivity index (χ4v) is 1.45. The van der Waals surface area contributed by atoms with Gasteiger partial charge in [-0.15, -0.1) is 5.53 Å². The van der Waals surface area contributed by atoms with E-state index in [0.29, 0.717) is 0 Å². The molecule has 0 bridgehead atoms. The van der Waals surface area contributed by atoms with Crippen molar-refractivity contribution in [3.8, 4) is 0 Å². The van der Waals surface area contributed by atoms with Crippen LogP contribution in [-0.4, -0.2) is 12.1 Å². The fraction of sp³-hybridized carbons (Fsp3) is 0.200. The smallest absolute Gasteiger partial charge is 0.0604 e. The van der Waals surface area contributed by atoms with E-state index in [1.807, 2.05) is 54.6 Å². The average molecular weight is 210 g/mol. The minimum Gasteiger partial charge on any atom is -0.299 e. The van der Waals surface area contributed by atoms with Crippen molar-refractivity contribution in [2.75, 3.05) is 12.1 Å². The Kier molecular flexibility index (Phi) is 2.35. The Morgan fingerprint density at radius 3 is 2.64 bits per heavy atom. The van der Waals surface area contributed by atoms with E-state index in [1.54, 1.807) is 0 Å². The molecule has 1 aromatic rings. The molecule has 0 saturated carbocycles. The molecule has 1 aromatic carbocycles. The first-order valence-corrected chi connectivity index (χ1v) is 4.77. The molecule has 0 saturated heterocycles. The first-order chi connectivity index (χ1) is 6.66. The Morgan fingerprint density at radius 2 is 2.07 bits per heavy atom. The van der Waals surface area contributed by atoms with Gasteiger partial charge in [-0.2, -0.15) is 0 Å². The number of anilines is 1. The summed E-state index contributed by atoms with van der Waals surface area (Å²) >= 11 is 6.04. The van der Waals surface area contributed by atoms with Crippen LogP contribution in [0.3, 0.4) is 0 Å². The first-order valence-electron chi connectivity index (χ1n) is 4.39. The van der Waals surface area contributed by atoms with E-state index < -0.39 is 0 Å². The second-order valence-electron chi connectivity index (χ2n) is 3.31. The molecule has 0 spiro atoms. The summed E-state index contributed by atoms with van der Waals surface area (Å²) in [6, 6.07) is 5.97. The van der Waals surface area contributed by atoms with Crippen LogP contribution in [0.2, 0.25) is 5.02 Å². The first kappa shape index (κ1) is 9.37.